The molecule has 0 aliphatic carbocycles. The van der Waals surface area contributed by atoms with E-state index >= 15 is 0 Å². The van der Waals surface area contributed by atoms with Gasteiger partial charge in [-0.05, 0) is 44.8 Å². The largest absolute Gasteiger partial charge is 0.493 e. The first kappa shape index (κ1) is 17.8. The summed E-state index contributed by atoms with van der Waals surface area (Å²) in [5, 5.41) is 3.01. The first-order valence-electron chi connectivity index (χ1n) is 7.03. The summed E-state index contributed by atoms with van der Waals surface area (Å²) in [7, 11) is 3.83. The zero-order chi connectivity index (χ0) is 15.9. The predicted octanol–water partition coefficient (Wildman–Crippen LogP) is 3.15. The first-order valence-corrected chi connectivity index (χ1v) is 7.03. The SMILES string of the molecule is CCNCc1ccc(OCCCN(C)C)c(C(F)(F)F)c1. The molecule has 0 amide bonds. The molecule has 0 aliphatic heterocycles. The summed E-state index contributed by atoms with van der Waals surface area (Å²) in [5.74, 6) is -0.0958. The fourth-order valence-electron chi connectivity index (χ4n) is 1.87. The van der Waals surface area contributed by atoms with E-state index in [0.29, 0.717) is 25.1 Å². The van der Waals surface area contributed by atoms with Gasteiger partial charge in [-0.1, -0.05) is 13.0 Å². The highest BCUT2D eigenvalue weighted by atomic mass is 19.4. The number of nitrogens with zero attached hydrogens (tertiary/aromatic N) is 1. The molecule has 1 N–H and O–H groups in total. The van der Waals surface area contributed by atoms with Gasteiger partial charge in [0.25, 0.3) is 0 Å². The molecule has 3 nitrogen and oxygen atoms in total. The third-order valence-corrected chi connectivity index (χ3v) is 2.94. The van der Waals surface area contributed by atoms with Crippen LogP contribution in [0, 0.1) is 0 Å². The van der Waals surface area contributed by atoms with Crippen molar-refractivity contribution < 1.29 is 17.9 Å². The maximum Gasteiger partial charge on any atom is 0.419 e. The third kappa shape index (κ3) is 6.35. The van der Waals surface area contributed by atoms with Crippen LogP contribution in [0.4, 0.5) is 13.2 Å². The summed E-state index contributed by atoms with van der Waals surface area (Å²) in [6.07, 6.45) is -3.72. The van der Waals surface area contributed by atoms with Gasteiger partial charge < -0.3 is 15.0 Å². The summed E-state index contributed by atoms with van der Waals surface area (Å²) in [5.41, 5.74) is -0.104. The van der Waals surface area contributed by atoms with Gasteiger partial charge >= 0.3 is 6.18 Å². The highest BCUT2D eigenvalue weighted by Crippen LogP contribution is 2.36. The van der Waals surface area contributed by atoms with Crippen LogP contribution in [0.3, 0.4) is 0 Å². The van der Waals surface area contributed by atoms with E-state index in [0.717, 1.165) is 12.6 Å². The van der Waals surface area contributed by atoms with Crippen molar-refractivity contribution in [3.8, 4) is 5.75 Å². The Morgan fingerprint density at radius 2 is 1.95 bits per heavy atom. The van der Waals surface area contributed by atoms with Gasteiger partial charge in [-0.2, -0.15) is 13.2 Å². The van der Waals surface area contributed by atoms with E-state index < -0.39 is 11.7 Å². The molecule has 0 spiro atoms. The molecule has 1 rings (SSSR count). The molecule has 1 aromatic carbocycles. The minimum Gasteiger partial charge on any atom is -0.493 e. The van der Waals surface area contributed by atoms with Crippen LogP contribution in [0.15, 0.2) is 18.2 Å². The van der Waals surface area contributed by atoms with Crippen LogP contribution in [0.1, 0.15) is 24.5 Å². The van der Waals surface area contributed by atoms with Crippen molar-refractivity contribution in [2.45, 2.75) is 26.1 Å². The second kappa shape index (κ2) is 8.24. The van der Waals surface area contributed by atoms with Crippen molar-refractivity contribution in [1.82, 2.24) is 10.2 Å². The van der Waals surface area contributed by atoms with Crippen LogP contribution >= 0.6 is 0 Å². The molecule has 21 heavy (non-hydrogen) atoms. The van der Waals surface area contributed by atoms with Gasteiger partial charge in [0, 0.05) is 13.1 Å². The lowest BCUT2D eigenvalue weighted by molar-refractivity contribution is -0.139. The molecular formula is C15H23F3N2O. The number of alkyl halides is 3. The quantitative estimate of drug-likeness (QED) is 0.747. The van der Waals surface area contributed by atoms with Crippen molar-refractivity contribution in [2.24, 2.45) is 0 Å². The third-order valence-electron chi connectivity index (χ3n) is 2.94. The molecule has 6 heteroatoms. The maximum absolute atomic E-state index is 13.1. The lowest BCUT2D eigenvalue weighted by Crippen LogP contribution is -2.17. The molecule has 0 fully saturated rings. The molecule has 0 saturated carbocycles. The van der Waals surface area contributed by atoms with Crippen LogP contribution in [-0.2, 0) is 12.7 Å². The van der Waals surface area contributed by atoms with Crippen LogP contribution in [-0.4, -0.2) is 38.7 Å². The number of ether oxygens (including phenoxy) is 1. The van der Waals surface area contributed by atoms with Crippen LogP contribution in [0.2, 0.25) is 0 Å². The van der Waals surface area contributed by atoms with Crippen molar-refractivity contribution >= 4 is 0 Å². The predicted molar refractivity (Wildman–Crippen MR) is 77.5 cm³/mol. The number of rotatable bonds is 8. The van der Waals surface area contributed by atoms with Gasteiger partial charge in [0.05, 0.1) is 12.2 Å². The van der Waals surface area contributed by atoms with E-state index in [9.17, 15) is 13.2 Å². The topological polar surface area (TPSA) is 24.5 Å². The molecule has 0 aromatic heterocycles. The summed E-state index contributed by atoms with van der Waals surface area (Å²) in [6, 6.07) is 4.23. The zero-order valence-electron chi connectivity index (χ0n) is 12.8. The molecule has 0 heterocycles. The van der Waals surface area contributed by atoms with Gasteiger partial charge in [-0.3, -0.25) is 0 Å². The lowest BCUT2D eigenvalue weighted by atomic mass is 10.1. The Morgan fingerprint density at radius 1 is 1.24 bits per heavy atom. The molecule has 0 saturated heterocycles. The standard InChI is InChI=1S/C15H23F3N2O/c1-4-19-11-12-6-7-14(13(10-12)15(16,17)18)21-9-5-8-20(2)3/h6-7,10,19H,4-5,8-9,11H2,1-3H3. The number of hydrogen-bond acceptors (Lipinski definition) is 3. The van der Waals surface area contributed by atoms with Crippen molar-refractivity contribution in [3.63, 3.8) is 0 Å². The van der Waals surface area contributed by atoms with E-state index in [4.69, 9.17) is 4.74 Å². The Labute approximate surface area is 124 Å². The van der Waals surface area contributed by atoms with Crippen LogP contribution in [0.5, 0.6) is 5.75 Å². The summed E-state index contributed by atoms with van der Waals surface area (Å²) >= 11 is 0. The molecule has 120 valence electrons. The molecular weight excluding hydrogens is 281 g/mol. The first-order chi connectivity index (χ1) is 9.84. The normalized spacial score (nSPS) is 12.0. The highest BCUT2D eigenvalue weighted by Gasteiger charge is 2.34. The minimum atomic E-state index is -4.40. The van der Waals surface area contributed by atoms with Gasteiger partial charge in [-0.15, -0.1) is 0 Å². The molecule has 0 aliphatic rings. The van der Waals surface area contributed by atoms with E-state index in [2.05, 4.69) is 5.32 Å². The van der Waals surface area contributed by atoms with Crippen LogP contribution < -0.4 is 10.1 Å². The summed E-state index contributed by atoms with van der Waals surface area (Å²) in [4.78, 5) is 1.97. The van der Waals surface area contributed by atoms with E-state index in [1.807, 2.05) is 25.9 Å². The Balaban J connectivity index is 2.77. The lowest BCUT2D eigenvalue weighted by Gasteiger charge is -2.16. The second-order valence-corrected chi connectivity index (χ2v) is 5.11. The average molecular weight is 304 g/mol. The number of nitrogens with one attached hydrogen (secondary N) is 1. The Kier molecular flexibility index (Phi) is 6.98. The van der Waals surface area contributed by atoms with Crippen molar-refractivity contribution in [1.29, 1.82) is 0 Å². The molecule has 0 bridgehead atoms. The van der Waals surface area contributed by atoms with Gasteiger partial charge in [-0.25, -0.2) is 0 Å². The molecule has 1 aromatic rings. The van der Waals surface area contributed by atoms with E-state index in [1.54, 1.807) is 6.07 Å². The van der Waals surface area contributed by atoms with Gasteiger partial charge in [0.15, 0.2) is 0 Å². The van der Waals surface area contributed by atoms with Gasteiger partial charge in [0.2, 0.25) is 0 Å². The van der Waals surface area contributed by atoms with Crippen molar-refractivity contribution in [3.05, 3.63) is 29.3 Å². The molecule has 0 unspecified atom stereocenters. The van der Waals surface area contributed by atoms with Gasteiger partial charge in [0.1, 0.15) is 5.75 Å². The summed E-state index contributed by atoms with van der Waals surface area (Å²) < 4.78 is 44.5. The second-order valence-electron chi connectivity index (χ2n) is 5.11. The minimum absolute atomic E-state index is 0.0958. The molecule has 0 radical (unpaired) electrons. The Hall–Kier alpha value is -1.27. The highest BCUT2D eigenvalue weighted by molar-refractivity contribution is 5.39. The summed E-state index contributed by atoms with van der Waals surface area (Å²) in [6.45, 7) is 4.09. The maximum atomic E-state index is 13.1. The monoisotopic (exact) mass is 304 g/mol. The number of halogens is 3. The fourth-order valence-corrected chi connectivity index (χ4v) is 1.87. The molecule has 0 atom stereocenters. The Morgan fingerprint density at radius 3 is 2.52 bits per heavy atom. The number of benzene rings is 1. The fraction of sp³-hybridized carbons (Fsp3) is 0.600. The Bertz CT molecular complexity index is 433. The smallest absolute Gasteiger partial charge is 0.419 e. The van der Waals surface area contributed by atoms with E-state index in [-0.39, 0.29) is 12.4 Å². The zero-order valence-corrected chi connectivity index (χ0v) is 12.8. The number of hydrogen-bond donors (Lipinski definition) is 1. The van der Waals surface area contributed by atoms with Crippen molar-refractivity contribution in [2.75, 3.05) is 33.8 Å². The van der Waals surface area contributed by atoms with Crippen LogP contribution in [0.25, 0.3) is 0 Å². The average Bonchev–Trinajstić information content (AvgIpc) is 2.40. The van der Waals surface area contributed by atoms with E-state index in [1.165, 1.54) is 6.07 Å².